The van der Waals surface area contributed by atoms with Crippen molar-refractivity contribution in [1.82, 2.24) is 9.80 Å². The third-order valence-corrected chi connectivity index (χ3v) is 4.94. The second kappa shape index (κ2) is 6.49. The fraction of sp³-hybridized carbons (Fsp3) is 0.529. The molecule has 1 atom stereocenters. The summed E-state index contributed by atoms with van der Waals surface area (Å²) >= 11 is 0. The molecule has 2 aliphatic heterocycles. The van der Waals surface area contributed by atoms with Crippen LogP contribution in [-0.2, 0) is 9.53 Å². The van der Waals surface area contributed by atoms with Crippen LogP contribution in [0.1, 0.15) is 30.1 Å². The number of amides is 1. The molecule has 130 valence electrons. The lowest BCUT2D eigenvalue weighted by molar-refractivity contribution is -0.143. The molecule has 0 unspecified atom stereocenters. The highest BCUT2D eigenvalue weighted by molar-refractivity contribution is 5.97. The molecule has 2 saturated heterocycles. The van der Waals surface area contributed by atoms with Crippen LogP contribution in [0.3, 0.4) is 0 Å². The normalized spacial score (nSPS) is 23.6. The third-order valence-electron chi connectivity index (χ3n) is 4.94. The lowest BCUT2D eigenvalue weighted by atomic mass is 9.96. The van der Waals surface area contributed by atoms with Crippen LogP contribution in [0.4, 0.5) is 4.39 Å². The maximum Gasteiger partial charge on any atom is 0.328 e. The molecule has 24 heavy (non-hydrogen) atoms. The molecule has 1 spiro atoms. The molecule has 1 aromatic carbocycles. The number of halogens is 1. The molecule has 2 fully saturated rings. The summed E-state index contributed by atoms with van der Waals surface area (Å²) in [6.07, 6.45) is 1.13. The Morgan fingerprint density at radius 2 is 1.92 bits per heavy atom. The van der Waals surface area contributed by atoms with Crippen LogP contribution in [0, 0.1) is 5.82 Å². The van der Waals surface area contributed by atoms with E-state index in [-0.39, 0.29) is 12.2 Å². The SMILES string of the molecule is CCN1CCC2(CC1)OC[C@H](C(=O)O)N2C(=O)c1ccc(F)cc1. The maximum absolute atomic E-state index is 13.1. The summed E-state index contributed by atoms with van der Waals surface area (Å²) in [4.78, 5) is 28.1. The maximum atomic E-state index is 13.1. The zero-order chi connectivity index (χ0) is 17.3. The van der Waals surface area contributed by atoms with E-state index < -0.39 is 29.5 Å². The number of piperidine rings is 1. The fourth-order valence-electron chi connectivity index (χ4n) is 3.51. The van der Waals surface area contributed by atoms with Crippen molar-refractivity contribution in [2.24, 2.45) is 0 Å². The van der Waals surface area contributed by atoms with E-state index in [1.165, 1.54) is 29.2 Å². The van der Waals surface area contributed by atoms with E-state index in [0.29, 0.717) is 12.8 Å². The minimum atomic E-state index is -1.08. The Labute approximate surface area is 139 Å². The van der Waals surface area contributed by atoms with Crippen molar-refractivity contribution >= 4 is 11.9 Å². The molecule has 0 aromatic heterocycles. The van der Waals surface area contributed by atoms with Gasteiger partial charge in [0.1, 0.15) is 11.5 Å². The molecule has 1 N–H and O–H groups in total. The van der Waals surface area contributed by atoms with E-state index in [0.717, 1.165) is 19.6 Å². The Kier molecular flexibility index (Phi) is 4.56. The summed E-state index contributed by atoms with van der Waals surface area (Å²) in [5, 5.41) is 9.49. The molecule has 6 nitrogen and oxygen atoms in total. The van der Waals surface area contributed by atoms with Crippen LogP contribution in [0.2, 0.25) is 0 Å². The van der Waals surface area contributed by atoms with Crippen molar-refractivity contribution < 1.29 is 23.8 Å². The standard InChI is InChI=1S/C17H21FN2O4/c1-2-19-9-7-17(8-10-19)20(14(11-24-17)16(22)23)15(21)12-3-5-13(18)6-4-12/h3-6,14H,2,7-11H2,1H3,(H,22,23)/t14-/m1/s1. The molecule has 7 heteroatoms. The number of nitrogens with zero attached hydrogens (tertiary/aromatic N) is 2. The minimum absolute atomic E-state index is 0.0195. The summed E-state index contributed by atoms with van der Waals surface area (Å²) in [6, 6.07) is 4.14. The molecule has 3 rings (SSSR count). The molecule has 0 aliphatic carbocycles. The topological polar surface area (TPSA) is 70.1 Å². The van der Waals surface area contributed by atoms with Crippen molar-refractivity contribution in [2.45, 2.75) is 31.5 Å². The predicted octanol–water partition coefficient (Wildman–Crippen LogP) is 1.56. The number of likely N-dealkylation sites (tertiary alicyclic amines) is 1. The Balaban J connectivity index is 1.91. The van der Waals surface area contributed by atoms with E-state index in [9.17, 15) is 19.1 Å². The van der Waals surface area contributed by atoms with Gasteiger partial charge in [0.25, 0.3) is 5.91 Å². The average molecular weight is 336 g/mol. The average Bonchev–Trinajstić information content (AvgIpc) is 2.95. The van der Waals surface area contributed by atoms with Gasteiger partial charge < -0.3 is 14.7 Å². The minimum Gasteiger partial charge on any atom is -0.480 e. The predicted molar refractivity (Wildman–Crippen MR) is 84.0 cm³/mol. The van der Waals surface area contributed by atoms with Crippen molar-refractivity contribution in [2.75, 3.05) is 26.2 Å². The molecule has 2 aliphatic rings. The van der Waals surface area contributed by atoms with Crippen LogP contribution >= 0.6 is 0 Å². The van der Waals surface area contributed by atoms with E-state index in [1.807, 2.05) is 0 Å². The molecule has 0 saturated carbocycles. The molecule has 0 bridgehead atoms. The Morgan fingerprint density at radius 1 is 1.29 bits per heavy atom. The number of hydrogen-bond donors (Lipinski definition) is 1. The van der Waals surface area contributed by atoms with Gasteiger partial charge in [-0.3, -0.25) is 9.69 Å². The zero-order valence-electron chi connectivity index (χ0n) is 13.6. The molecular weight excluding hydrogens is 315 g/mol. The Morgan fingerprint density at radius 3 is 2.46 bits per heavy atom. The van der Waals surface area contributed by atoms with Crippen LogP contribution in [0.5, 0.6) is 0 Å². The summed E-state index contributed by atoms with van der Waals surface area (Å²) in [7, 11) is 0. The van der Waals surface area contributed by atoms with Crippen molar-refractivity contribution in [3.63, 3.8) is 0 Å². The zero-order valence-corrected chi connectivity index (χ0v) is 13.6. The van der Waals surface area contributed by atoms with Gasteiger partial charge >= 0.3 is 5.97 Å². The first-order valence-corrected chi connectivity index (χ1v) is 8.15. The number of carbonyl (C=O) groups is 2. The number of carbonyl (C=O) groups excluding carboxylic acids is 1. The molecule has 1 amide bonds. The first-order valence-electron chi connectivity index (χ1n) is 8.15. The van der Waals surface area contributed by atoms with E-state index >= 15 is 0 Å². The lowest BCUT2D eigenvalue weighted by Gasteiger charge is -2.44. The van der Waals surface area contributed by atoms with Gasteiger partial charge in [-0.05, 0) is 30.8 Å². The van der Waals surface area contributed by atoms with Crippen LogP contribution in [-0.4, -0.2) is 64.8 Å². The van der Waals surface area contributed by atoms with Gasteiger partial charge in [-0.1, -0.05) is 6.92 Å². The van der Waals surface area contributed by atoms with Gasteiger partial charge in [-0.2, -0.15) is 0 Å². The van der Waals surface area contributed by atoms with Gasteiger partial charge in [0.05, 0.1) is 6.61 Å². The largest absolute Gasteiger partial charge is 0.480 e. The number of carboxylic acids is 1. The molecule has 0 radical (unpaired) electrons. The summed E-state index contributed by atoms with van der Waals surface area (Å²) in [5.41, 5.74) is -0.620. The summed E-state index contributed by atoms with van der Waals surface area (Å²) in [6.45, 7) is 4.44. The second-order valence-electron chi connectivity index (χ2n) is 6.23. The number of aliphatic carboxylic acids is 1. The number of rotatable bonds is 3. The molecular formula is C17H21FN2O4. The second-order valence-corrected chi connectivity index (χ2v) is 6.23. The quantitative estimate of drug-likeness (QED) is 0.907. The van der Waals surface area contributed by atoms with Gasteiger partial charge in [0.2, 0.25) is 0 Å². The monoisotopic (exact) mass is 336 g/mol. The van der Waals surface area contributed by atoms with Gasteiger partial charge in [-0.15, -0.1) is 0 Å². The first-order chi connectivity index (χ1) is 11.5. The van der Waals surface area contributed by atoms with Crippen molar-refractivity contribution in [3.8, 4) is 0 Å². The third kappa shape index (κ3) is 2.89. The first kappa shape index (κ1) is 16.9. The highest BCUT2D eigenvalue weighted by Gasteiger charge is 2.53. The molecule has 2 heterocycles. The highest BCUT2D eigenvalue weighted by atomic mass is 19.1. The summed E-state index contributed by atoms with van der Waals surface area (Å²) in [5.74, 6) is -1.95. The smallest absolute Gasteiger partial charge is 0.328 e. The van der Waals surface area contributed by atoms with Crippen LogP contribution < -0.4 is 0 Å². The molecule has 1 aromatic rings. The van der Waals surface area contributed by atoms with Crippen molar-refractivity contribution in [3.05, 3.63) is 35.6 Å². The van der Waals surface area contributed by atoms with Crippen LogP contribution in [0.15, 0.2) is 24.3 Å². The summed E-state index contributed by atoms with van der Waals surface area (Å²) < 4.78 is 19.0. The van der Waals surface area contributed by atoms with Gasteiger partial charge in [-0.25, -0.2) is 9.18 Å². The number of carboxylic acid groups (broad SMARTS) is 1. The lowest BCUT2D eigenvalue weighted by Crippen LogP contribution is -2.58. The van der Waals surface area contributed by atoms with E-state index in [2.05, 4.69) is 11.8 Å². The Hall–Kier alpha value is -1.99. The van der Waals surface area contributed by atoms with Crippen LogP contribution in [0.25, 0.3) is 0 Å². The Bertz CT molecular complexity index is 626. The van der Waals surface area contributed by atoms with Gasteiger partial charge in [0.15, 0.2) is 6.04 Å². The van der Waals surface area contributed by atoms with Crippen molar-refractivity contribution in [1.29, 1.82) is 0 Å². The van der Waals surface area contributed by atoms with E-state index in [4.69, 9.17) is 4.74 Å². The highest BCUT2D eigenvalue weighted by Crippen LogP contribution is 2.38. The number of benzene rings is 1. The van der Waals surface area contributed by atoms with Gasteiger partial charge in [0, 0.05) is 31.5 Å². The number of hydrogen-bond acceptors (Lipinski definition) is 4. The van der Waals surface area contributed by atoms with E-state index in [1.54, 1.807) is 0 Å². The number of ether oxygens (including phenoxy) is 1. The fourth-order valence-corrected chi connectivity index (χ4v) is 3.51.